The van der Waals surface area contributed by atoms with Gasteiger partial charge in [-0.15, -0.1) is 34.9 Å². The molecule has 0 bridgehead atoms. The van der Waals surface area contributed by atoms with Crippen molar-refractivity contribution in [2.24, 2.45) is 11.8 Å². The quantitative estimate of drug-likeness (QED) is 0.108. The van der Waals surface area contributed by atoms with Crippen LogP contribution in [0.5, 0.6) is 0 Å². The molecular weight excluding hydrogens is 711 g/mol. The molecule has 1 N–H and O–H groups in total. The first-order chi connectivity index (χ1) is 19.7. The van der Waals surface area contributed by atoms with Crippen molar-refractivity contribution in [3.05, 3.63) is 71.1 Å². The van der Waals surface area contributed by atoms with Gasteiger partial charge in [0.15, 0.2) is 5.78 Å². The second-order valence-corrected chi connectivity index (χ2v) is 17.1. The van der Waals surface area contributed by atoms with Crippen molar-refractivity contribution in [3.8, 4) is 11.3 Å². The number of carbonyl (C=O) groups is 1. The van der Waals surface area contributed by atoms with Gasteiger partial charge in [-0.2, -0.15) is 0 Å². The molecular formula is C37H50IrNO2Si-. The Bertz CT molecular complexity index is 1360. The van der Waals surface area contributed by atoms with E-state index in [1.165, 1.54) is 71.8 Å². The molecule has 2 aliphatic rings. The van der Waals surface area contributed by atoms with Crippen LogP contribution in [0.4, 0.5) is 0 Å². The second-order valence-electron chi connectivity index (χ2n) is 12.5. The molecule has 1 fully saturated rings. The number of pyridine rings is 1. The molecule has 2 aromatic carbocycles. The smallest absolute Gasteiger partial charge is 0.162 e. The van der Waals surface area contributed by atoms with E-state index in [2.05, 4.69) is 50.2 Å². The Kier molecular flexibility index (Phi) is 12.8. The standard InChI is InChI=1S/C24H26NSi.C13H24O2.Ir/c1-17-12-18(2)14-21(13-17)24-22-15-20-6-5-11-26(9-3-4-10-26)23(20)16-19(22)7-8-25-24;1-5-10(6-2)12(14)9-13(15)11(7-3)8-4;/h7-8,12-13,15-16H,3-6,9-11H2,1-2H3;9-11,14H,5-8H2,1-4H3;/q-1;;/b;12-9-;. The molecule has 0 atom stereocenters. The third-order valence-corrected chi connectivity index (χ3v) is 15.2. The molecule has 0 unspecified atom stereocenters. The molecule has 229 valence electrons. The van der Waals surface area contributed by atoms with Gasteiger partial charge in [-0.1, -0.05) is 96.3 Å². The Balaban J connectivity index is 0.000000263. The average molecular weight is 761 g/mol. The summed E-state index contributed by atoms with van der Waals surface area (Å²) in [7, 11) is -1.20. The molecule has 5 rings (SSSR count). The number of nitrogens with zero attached hydrogens (tertiary/aromatic N) is 1. The predicted molar refractivity (Wildman–Crippen MR) is 177 cm³/mol. The molecule has 3 nitrogen and oxygen atoms in total. The number of ketones is 1. The predicted octanol–water partition coefficient (Wildman–Crippen LogP) is 9.58. The van der Waals surface area contributed by atoms with Gasteiger partial charge >= 0.3 is 0 Å². The number of aliphatic hydroxyl groups is 1. The molecule has 42 heavy (non-hydrogen) atoms. The monoisotopic (exact) mass is 761 g/mol. The summed E-state index contributed by atoms with van der Waals surface area (Å²) in [6.45, 7) is 12.4. The second kappa shape index (κ2) is 15.6. The van der Waals surface area contributed by atoms with Crippen molar-refractivity contribution >= 4 is 29.8 Å². The molecule has 3 aromatic rings. The van der Waals surface area contributed by atoms with Gasteiger partial charge in [0.1, 0.15) is 0 Å². The van der Waals surface area contributed by atoms with Crippen LogP contribution in [0, 0.1) is 31.7 Å². The van der Waals surface area contributed by atoms with Crippen molar-refractivity contribution in [1.29, 1.82) is 0 Å². The van der Waals surface area contributed by atoms with E-state index in [1.54, 1.807) is 10.8 Å². The van der Waals surface area contributed by atoms with Gasteiger partial charge in [0.25, 0.3) is 0 Å². The molecule has 0 amide bonds. The van der Waals surface area contributed by atoms with Crippen LogP contribution in [0.1, 0.15) is 89.3 Å². The maximum absolute atomic E-state index is 11.7. The number of carbonyl (C=O) groups excluding carboxylic acids is 1. The molecule has 1 saturated heterocycles. The first kappa shape index (κ1) is 34.4. The Morgan fingerprint density at radius 2 is 1.60 bits per heavy atom. The van der Waals surface area contributed by atoms with Gasteiger partial charge in [-0.05, 0) is 60.2 Å². The molecule has 2 aliphatic heterocycles. The van der Waals surface area contributed by atoms with Crippen molar-refractivity contribution < 1.29 is 30.0 Å². The van der Waals surface area contributed by atoms with E-state index in [0.29, 0.717) is 0 Å². The summed E-state index contributed by atoms with van der Waals surface area (Å²) in [4.78, 5) is 16.5. The van der Waals surface area contributed by atoms with Crippen molar-refractivity contribution in [1.82, 2.24) is 4.98 Å². The number of aromatic nitrogens is 1. The average Bonchev–Trinajstić information content (AvgIpc) is 3.42. The zero-order valence-electron chi connectivity index (χ0n) is 26.6. The minimum absolute atomic E-state index is 0. The van der Waals surface area contributed by atoms with Crippen LogP contribution in [0.25, 0.3) is 22.0 Å². The van der Waals surface area contributed by atoms with Crippen LogP contribution >= 0.6 is 0 Å². The zero-order valence-corrected chi connectivity index (χ0v) is 30.0. The van der Waals surface area contributed by atoms with Crippen molar-refractivity contribution in [2.75, 3.05) is 0 Å². The van der Waals surface area contributed by atoms with E-state index in [1.807, 2.05) is 33.9 Å². The molecule has 0 aliphatic carbocycles. The Hall–Kier alpha value is -2.07. The number of allylic oxidation sites excluding steroid dienone is 2. The first-order valence-corrected chi connectivity index (χ1v) is 18.7. The van der Waals surface area contributed by atoms with E-state index in [0.717, 1.165) is 36.9 Å². The van der Waals surface area contributed by atoms with Crippen LogP contribution in [-0.2, 0) is 31.3 Å². The SMILES string of the molecule is CCC(CC)C(=O)/C=C(\O)C(CC)CC.Cc1[c-]c(-c2nccc3cc4c(cc23)CCC[Si]42CCCC2)cc(C)c1.[Ir]. The topological polar surface area (TPSA) is 50.2 Å². The summed E-state index contributed by atoms with van der Waals surface area (Å²) in [5, 5.41) is 14.2. The van der Waals surface area contributed by atoms with E-state index < -0.39 is 8.07 Å². The fraction of sp³-hybridized carbons (Fsp3) is 0.514. The number of benzene rings is 2. The molecule has 3 heterocycles. The van der Waals surface area contributed by atoms with Gasteiger partial charge in [0.05, 0.1) is 13.8 Å². The molecule has 1 aromatic heterocycles. The first-order valence-electron chi connectivity index (χ1n) is 16.1. The van der Waals surface area contributed by atoms with Gasteiger partial charge in [0, 0.05) is 44.2 Å². The summed E-state index contributed by atoms with van der Waals surface area (Å²) in [5.41, 5.74) is 6.34. The Morgan fingerprint density at radius 3 is 2.21 bits per heavy atom. The van der Waals surface area contributed by atoms with E-state index in [-0.39, 0.29) is 43.5 Å². The van der Waals surface area contributed by atoms with Gasteiger partial charge in [-0.25, -0.2) is 0 Å². The van der Waals surface area contributed by atoms with Crippen LogP contribution in [0.3, 0.4) is 0 Å². The van der Waals surface area contributed by atoms with Gasteiger partial charge in [0.2, 0.25) is 0 Å². The van der Waals surface area contributed by atoms with Crippen LogP contribution in [0.2, 0.25) is 18.1 Å². The largest absolute Gasteiger partial charge is 0.512 e. The summed E-state index contributed by atoms with van der Waals surface area (Å²) in [5.74, 6) is 0.547. The third kappa shape index (κ3) is 7.70. The third-order valence-electron chi connectivity index (χ3n) is 9.71. The summed E-state index contributed by atoms with van der Waals surface area (Å²) in [6, 6.07) is 19.8. The molecule has 1 radical (unpaired) electrons. The number of fused-ring (bicyclic) bond motifs is 3. The molecule has 0 saturated carbocycles. The van der Waals surface area contributed by atoms with Crippen molar-refractivity contribution in [3.63, 3.8) is 0 Å². The maximum atomic E-state index is 11.7. The fourth-order valence-electron chi connectivity index (χ4n) is 7.31. The molecule has 5 heteroatoms. The van der Waals surface area contributed by atoms with E-state index in [9.17, 15) is 9.90 Å². The number of aliphatic hydroxyl groups excluding tert-OH is 1. The fourth-order valence-corrected chi connectivity index (χ4v) is 12.9. The number of rotatable bonds is 8. The summed E-state index contributed by atoms with van der Waals surface area (Å²) < 4.78 is 0. The Labute approximate surface area is 269 Å². The summed E-state index contributed by atoms with van der Waals surface area (Å²) in [6.07, 6.45) is 12.5. The van der Waals surface area contributed by atoms with Crippen molar-refractivity contribution in [2.45, 2.75) is 111 Å². The number of hydrogen-bond acceptors (Lipinski definition) is 3. The number of aryl methyl sites for hydroxylation is 3. The van der Waals surface area contributed by atoms with Gasteiger partial charge in [-0.3, -0.25) is 4.79 Å². The Morgan fingerprint density at radius 1 is 0.952 bits per heavy atom. The molecule has 1 spiro atoms. The minimum Gasteiger partial charge on any atom is -0.512 e. The van der Waals surface area contributed by atoms with Crippen LogP contribution in [0.15, 0.2) is 48.4 Å². The minimum atomic E-state index is -1.20. The summed E-state index contributed by atoms with van der Waals surface area (Å²) >= 11 is 0. The zero-order chi connectivity index (χ0) is 29.6. The van der Waals surface area contributed by atoms with Crippen LogP contribution in [-0.4, -0.2) is 23.9 Å². The van der Waals surface area contributed by atoms with E-state index in [4.69, 9.17) is 4.98 Å². The maximum Gasteiger partial charge on any atom is 0.162 e. The van der Waals surface area contributed by atoms with Gasteiger partial charge < -0.3 is 10.1 Å². The van der Waals surface area contributed by atoms with E-state index >= 15 is 0 Å². The van der Waals surface area contributed by atoms with Crippen LogP contribution < -0.4 is 5.19 Å². The normalized spacial score (nSPS) is 15.9. The number of hydrogen-bond donors (Lipinski definition) is 1.